The molecule has 0 aliphatic heterocycles. The third-order valence-electron chi connectivity index (χ3n) is 5.39. The molecule has 2 nitrogen and oxygen atoms in total. The Balaban J connectivity index is 3.96. The molecule has 2 heteroatoms. The van der Waals surface area contributed by atoms with E-state index in [0.29, 0.717) is 6.61 Å². The second-order valence-electron chi connectivity index (χ2n) is 8.09. The third kappa shape index (κ3) is 13.3. The van der Waals surface area contributed by atoms with Crippen LogP contribution >= 0.6 is 0 Å². The summed E-state index contributed by atoms with van der Waals surface area (Å²) >= 11 is 0. The van der Waals surface area contributed by atoms with Crippen molar-refractivity contribution in [2.24, 2.45) is 5.41 Å². The van der Waals surface area contributed by atoms with Crippen LogP contribution in [-0.4, -0.2) is 12.6 Å². The monoisotopic (exact) mass is 354 g/mol. The molecule has 1 unspecified atom stereocenters. The lowest BCUT2D eigenvalue weighted by atomic mass is 9.80. The van der Waals surface area contributed by atoms with E-state index in [9.17, 15) is 4.79 Å². The number of hydrogen-bond donors (Lipinski definition) is 0. The molecule has 0 fully saturated rings. The van der Waals surface area contributed by atoms with E-state index in [1.165, 1.54) is 64.2 Å². The minimum absolute atomic E-state index is 0.0559. The lowest BCUT2D eigenvalue weighted by Gasteiger charge is -2.27. The predicted octanol–water partition coefficient (Wildman–Crippen LogP) is 7.84. The molecule has 0 aromatic carbocycles. The first-order valence-electron chi connectivity index (χ1n) is 11.3. The van der Waals surface area contributed by atoms with Crippen LogP contribution in [0.5, 0.6) is 0 Å². The smallest absolute Gasteiger partial charge is 0.311 e. The van der Waals surface area contributed by atoms with Crippen molar-refractivity contribution in [3.05, 3.63) is 0 Å². The number of esters is 1. The largest absolute Gasteiger partial charge is 0.465 e. The first-order valence-corrected chi connectivity index (χ1v) is 11.3. The van der Waals surface area contributed by atoms with E-state index >= 15 is 0 Å². The van der Waals surface area contributed by atoms with Gasteiger partial charge in [-0.2, -0.15) is 0 Å². The molecule has 0 bridgehead atoms. The summed E-state index contributed by atoms with van der Waals surface area (Å²) < 4.78 is 5.67. The molecule has 0 saturated heterocycles. The number of carbonyl (C=O) groups excluding carboxylic acids is 1. The molecule has 0 amide bonds. The lowest BCUT2D eigenvalue weighted by molar-refractivity contribution is -0.156. The van der Waals surface area contributed by atoms with Gasteiger partial charge in [-0.05, 0) is 26.2 Å². The fourth-order valence-corrected chi connectivity index (χ4v) is 3.41. The van der Waals surface area contributed by atoms with Gasteiger partial charge >= 0.3 is 5.97 Å². The summed E-state index contributed by atoms with van der Waals surface area (Å²) in [6, 6.07) is 0. The van der Waals surface area contributed by atoms with E-state index in [2.05, 4.69) is 27.7 Å². The molecule has 25 heavy (non-hydrogen) atoms. The van der Waals surface area contributed by atoms with E-state index in [1.807, 2.05) is 0 Å². The summed E-state index contributed by atoms with van der Waals surface area (Å²) in [4.78, 5) is 12.6. The topological polar surface area (TPSA) is 26.3 Å². The van der Waals surface area contributed by atoms with Crippen molar-refractivity contribution in [1.82, 2.24) is 0 Å². The minimum Gasteiger partial charge on any atom is -0.465 e. The van der Waals surface area contributed by atoms with Gasteiger partial charge in [0.1, 0.15) is 0 Å². The Labute approximate surface area is 158 Å². The van der Waals surface area contributed by atoms with Crippen molar-refractivity contribution in [3.63, 3.8) is 0 Å². The van der Waals surface area contributed by atoms with Crippen molar-refractivity contribution in [2.45, 2.75) is 130 Å². The van der Waals surface area contributed by atoms with Crippen molar-refractivity contribution >= 4 is 5.97 Å². The van der Waals surface area contributed by atoms with Gasteiger partial charge in [-0.1, -0.05) is 104 Å². The molecule has 0 spiro atoms. The van der Waals surface area contributed by atoms with E-state index in [1.54, 1.807) is 0 Å². The summed E-state index contributed by atoms with van der Waals surface area (Å²) in [6.45, 7) is 9.43. The number of unbranched alkanes of at least 4 members (excludes halogenated alkanes) is 11. The standard InChI is InChI=1S/C23H46O2/c1-5-8-11-13-14-15-16-18-21-25-22(24)23(4,19-10-7-3)20-17-12-9-6-2/h5-21H2,1-4H3. The Morgan fingerprint density at radius 3 is 1.64 bits per heavy atom. The number of ether oxygens (including phenoxy) is 1. The van der Waals surface area contributed by atoms with Crippen molar-refractivity contribution < 1.29 is 9.53 Å². The van der Waals surface area contributed by atoms with E-state index in [4.69, 9.17) is 4.74 Å². The average molecular weight is 355 g/mol. The highest BCUT2D eigenvalue weighted by Crippen LogP contribution is 2.32. The second-order valence-corrected chi connectivity index (χ2v) is 8.09. The van der Waals surface area contributed by atoms with Gasteiger partial charge in [0.2, 0.25) is 0 Å². The molecule has 0 heterocycles. The van der Waals surface area contributed by atoms with Gasteiger partial charge in [-0.15, -0.1) is 0 Å². The molecule has 0 rings (SSSR count). The summed E-state index contributed by atoms with van der Waals surface area (Å²) in [6.07, 6.45) is 19.4. The SMILES string of the molecule is CCCCCCCCCCOC(=O)C(C)(CCCC)CCCCCC. The fourth-order valence-electron chi connectivity index (χ4n) is 3.41. The summed E-state index contributed by atoms with van der Waals surface area (Å²) in [5.41, 5.74) is -0.260. The number of rotatable bonds is 18. The minimum atomic E-state index is -0.260. The molecule has 0 aliphatic rings. The van der Waals surface area contributed by atoms with Crippen LogP contribution in [0.4, 0.5) is 0 Å². The van der Waals surface area contributed by atoms with Crippen molar-refractivity contribution in [1.29, 1.82) is 0 Å². The Kier molecular flexibility index (Phi) is 16.6. The molecule has 0 aliphatic carbocycles. The van der Waals surface area contributed by atoms with Crippen LogP contribution in [-0.2, 0) is 9.53 Å². The average Bonchev–Trinajstić information content (AvgIpc) is 2.62. The van der Waals surface area contributed by atoms with Crippen LogP contribution in [0, 0.1) is 5.41 Å². The van der Waals surface area contributed by atoms with Gasteiger partial charge in [0.25, 0.3) is 0 Å². The first kappa shape index (κ1) is 24.5. The second kappa shape index (κ2) is 16.9. The Hall–Kier alpha value is -0.530. The molecule has 1 atom stereocenters. The molecule has 0 saturated carbocycles. The van der Waals surface area contributed by atoms with Gasteiger partial charge < -0.3 is 4.74 Å². The van der Waals surface area contributed by atoms with Gasteiger partial charge in [0.05, 0.1) is 12.0 Å². The van der Waals surface area contributed by atoms with Crippen LogP contribution in [0.25, 0.3) is 0 Å². The van der Waals surface area contributed by atoms with Crippen LogP contribution in [0.1, 0.15) is 130 Å². The quantitative estimate of drug-likeness (QED) is 0.185. The molecule has 150 valence electrons. The van der Waals surface area contributed by atoms with Gasteiger partial charge in [0.15, 0.2) is 0 Å². The highest BCUT2D eigenvalue weighted by Gasteiger charge is 2.33. The summed E-state index contributed by atoms with van der Waals surface area (Å²) in [5.74, 6) is 0.0559. The van der Waals surface area contributed by atoms with E-state index in [0.717, 1.165) is 38.5 Å². The van der Waals surface area contributed by atoms with Crippen LogP contribution < -0.4 is 0 Å². The van der Waals surface area contributed by atoms with Crippen molar-refractivity contribution in [3.8, 4) is 0 Å². The normalized spacial score (nSPS) is 13.6. The maximum Gasteiger partial charge on any atom is 0.311 e. The molecule has 0 aromatic heterocycles. The number of carbonyl (C=O) groups is 1. The van der Waals surface area contributed by atoms with E-state index in [-0.39, 0.29) is 11.4 Å². The van der Waals surface area contributed by atoms with Gasteiger partial charge in [-0.3, -0.25) is 4.79 Å². The van der Waals surface area contributed by atoms with Crippen LogP contribution in [0.15, 0.2) is 0 Å². The zero-order valence-electron chi connectivity index (χ0n) is 17.8. The molecular formula is C23H46O2. The Bertz CT molecular complexity index is 300. The third-order valence-corrected chi connectivity index (χ3v) is 5.39. The maximum absolute atomic E-state index is 12.6. The fraction of sp³-hybridized carbons (Fsp3) is 0.957. The molecule has 0 aromatic rings. The van der Waals surface area contributed by atoms with Crippen LogP contribution in [0.3, 0.4) is 0 Å². The Morgan fingerprint density at radius 2 is 1.08 bits per heavy atom. The molecule has 0 N–H and O–H groups in total. The highest BCUT2D eigenvalue weighted by atomic mass is 16.5. The number of hydrogen-bond acceptors (Lipinski definition) is 2. The maximum atomic E-state index is 12.6. The first-order chi connectivity index (χ1) is 12.1. The summed E-state index contributed by atoms with van der Waals surface area (Å²) in [5, 5.41) is 0. The van der Waals surface area contributed by atoms with Gasteiger partial charge in [0, 0.05) is 0 Å². The lowest BCUT2D eigenvalue weighted by Crippen LogP contribution is -2.30. The predicted molar refractivity (Wildman–Crippen MR) is 110 cm³/mol. The van der Waals surface area contributed by atoms with Crippen LogP contribution in [0.2, 0.25) is 0 Å². The molecule has 0 radical (unpaired) electrons. The molecular weight excluding hydrogens is 308 g/mol. The summed E-state index contributed by atoms with van der Waals surface area (Å²) in [7, 11) is 0. The van der Waals surface area contributed by atoms with Gasteiger partial charge in [-0.25, -0.2) is 0 Å². The highest BCUT2D eigenvalue weighted by molar-refractivity contribution is 5.76. The van der Waals surface area contributed by atoms with E-state index < -0.39 is 0 Å². The Morgan fingerprint density at radius 1 is 0.640 bits per heavy atom. The zero-order valence-corrected chi connectivity index (χ0v) is 17.8. The zero-order chi connectivity index (χ0) is 18.8. The van der Waals surface area contributed by atoms with Crippen molar-refractivity contribution in [2.75, 3.05) is 6.61 Å².